The molecule has 1 fully saturated rings. The zero-order chi connectivity index (χ0) is 16.8. The average Bonchev–Trinajstić information content (AvgIpc) is 2.61. The summed E-state index contributed by atoms with van der Waals surface area (Å²) < 4.78 is 0. The van der Waals surface area contributed by atoms with Gasteiger partial charge in [0, 0.05) is 23.7 Å². The summed E-state index contributed by atoms with van der Waals surface area (Å²) in [5, 5.41) is 0. The van der Waals surface area contributed by atoms with Gasteiger partial charge in [0.05, 0.1) is 12.1 Å². The molecule has 1 saturated carbocycles. The van der Waals surface area contributed by atoms with Crippen molar-refractivity contribution in [2.24, 2.45) is 9.98 Å². The predicted octanol–water partition coefficient (Wildman–Crippen LogP) is 4.43. The van der Waals surface area contributed by atoms with Crippen molar-refractivity contribution >= 4 is 18.1 Å². The van der Waals surface area contributed by atoms with Crippen LogP contribution in [0.1, 0.15) is 42.4 Å². The van der Waals surface area contributed by atoms with E-state index in [4.69, 9.17) is 15.7 Å². The minimum Gasteiger partial charge on any atom is -0.398 e. The van der Waals surface area contributed by atoms with Crippen LogP contribution in [0.15, 0.2) is 58.5 Å². The summed E-state index contributed by atoms with van der Waals surface area (Å²) in [6, 6.07) is 16.7. The minimum absolute atomic E-state index is 0.249. The number of nitrogen functional groups attached to an aromatic ring is 1. The van der Waals surface area contributed by atoms with Gasteiger partial charge in [-0.25, -0.2) is 0 Å². The fourth-order valence-corrected chi connectivity index (χ4v) is 3.15. The van der Waals surface area contributed by atoms with Crippen LogP contribution >= 0.6 is 0 Å². The molecule has 2 N–H and O–H groups in total. The molecule has 2 atom stereocenters. The zero-order valence-corrected chi connectivity index (χ0v) is 14.2. The fraction of sp³-hybridized carbons (Fsp3) is 0.333. The normalized spacial score (nSPS) is 21.5. The van der Waals surface area contributed by atoms with Crippen molar-refractivity contribution in [1.29, 1.82) is 0 Å². The Kier molecular flexibility index (Phi) is 5.42. The molecule has 1 aliphatic rings. The van der Waals surface area contributed by atoms with Gasteiger partial charge in [0.15, 0.2) is 0 Å². The summed E-state index contributed by atoms with van der Waals surface area (Å²) in [7, 11) is 0. The Bertz CT molecular complexity index is 670. The molecule has 0 aliphatic heterocycles. The number of hydrogen-bond donors (Lipinski definition) is 1. The van der Waals surface area contributed by atoms with E-state index in [2.05, 4.69) is 31.2 Å². The number of aryl methyl sites for hydroxylation is 1. The summed E-state index contributed by atoms with van der Waals surface area (Å²) >= 11 is 0. The number of benzene rings is 2. The van der Waals surface area contributed by atoms with E-state index in [1.54, 1.807) is 0 Å². The first-order valence-electron chi connectivity index (χ1n) is 8.70. The number of hydrogen-bond acceptors (Lipinski definition) is 3. The van der Waals surface area contributed by atoms with Gasteiger partial charge in [-0.15, -0.1) is 0 Å². The lowest BCUT2D eigenvalue weighted by molar-refractivity contribution is 0.390. The molecule has 1 aliphatic carbocycles. The van der Waals surface area contributed by atoms with E-state index in [1.165, 1.54) is 24.0 Å². The molecule has 0 bridgehead atoms. The topological polar surface area (TPSA) is 50.7 Å². The Hall–Kier alpha value is -2.42. The standard InChI is InChI=1S/C21H25N3/c1-16-8-2-3-9-17(16)14-23-20-12-6-7-13-21(20)24-15-18-10-4-5-11-19(18)22/h2-5,8-11,14-15,20-21H,6-7,12-13,22H2,1H3. The number of aliphatic imine (C=N–C) groups is 2. The molecule has 2 aromatic carbocycles. The third-order valence-corrected chi connectivity index (χ3v) is 4.69. The quantitative estimate of drug-likeness (QED) is 0.658. The second kappa shape index (κ2) is 7.91. The average molecular weight is 319 g/mol. The Balaban J connectivity index is 1.74. The van der Waals surface area contributed by atoms with E-state index >= 15 is 0 Å². The Morgan fingerprint density at radius 2 is 1.38 bits per heavy atom. The van der Waals surface area contributed by atoms with Crippen LogP contribution in [0.5, 0.6) is 0 Å². The van der Waals surface area contributed by atoms with Crippen LogP contribution in [0, 0.1) is 6.92 Å². The summed E-state index contributed by atoms with van der Waals surface area (Å²) in [5.41, 5.74) is 10.2. The van der Waals surface area contributed by atoms with Crippen molar-refractivity contribution < 1.29 is 0 Å². The summed E-state index contributed by atoms with van der Waals surface area (Å²) in [6.45, 7) is 2.12. The van der Waals surface area contributed by atoms with Gasteiger partial charge in [0.25, 0.3) is 0 Å². The Labute approximate surface area is 144 Å². The third kappa shape index (κ3) is 4.10. The van der Waals surface area contributed by atoms with Crippen molar-refractivity contribution in [2.45, 2.75) is 44.7 Å². The largest absolute Gasteiger partial charge is 0.398 e. The minimum atomic E-state index is 0.249. The van der Waals surface area contributed by atoms with E-state index in [1.807, 2.05) is 36.7 Å². The Morgan fingerprint density at radius 1 is 0.833 bits per heavy atom. The SMILES string of the molecule is Cc1ccccc1C=NC1CCCCC1N=Cc1ccccc1N. The van der Waals surface area contributed by atoms with Gasteiger partial charge in [-0.3, -0.25) is 9.98 Å². The molecule has 0 amide bonds. The van der Waals surface area contributed by atoms with Crippen molar-refractivity contribution in [3.05, 3.63) is 65.2 Å². The van der Waals surface area contributed by atoms with Crippen LogP contribution in [-0.2, 0) is 0 Å². The molecule has 24 heavy (non-hydrogen) atoms. The highest BCUT2D eigenvalue weighted by Gasteiger charge is 2.23. The van der Waals surface area contributed by atoms with E-state index < -0.39 is 0 Å². The van der Waals surface area contributed by atoms with Gasteiger partial charge in [-0.1, -0.05) is 55.3 Å². The lowest BCUT2D eigenvalue weighted by atomic mass is 9.91. The fourth-order valence-electron chi connectivity index (χ4n) is 3.15. The van der Waals surface area contributed by atoms with Crippen molar-refractivity contribution in [3.63, 3.8) is 0 Å². The molecule has 0 spiro atoms. The maximum atomic E-state index is 6.00. The monoisotopic (exact) mass is 319 g/mol. The molecule has 0 heterocycles. The first-order chi connectivity index (χ1) is 11.7. The van der Waals surface area contributed by atoms with Crippen molar-refractivity contribution in [1.82, 2.24) is 0 Å². The molecule has 0 radical (unpaired) electrons. The van der Waals surface area contributed by atoms with Crippen LogP contribution < -0.4 is 5.73 Å². The molecule has 3 heteroatoms. The first-order valence-corrected chi connectivity index (χ1v) is 8.70. The second-order valence-electron chi connectivity index (χ2n) is 6.46. The van der Waals surface area contributed by atoms with Gasteiger partial charge in [-0.05, 0) is 37.0 Å². The van der Waals surface area contributed by atoms with Crippen molar-refractivity contribution in [3.8, 4) is 0 Å². The summed E-state index contributed by atoms with van der Waals surface area (Å²) in [4.78, 5) is 9.67. The van der Waals surface area contributed by atoms with Crippen LogP contribution in [0.4, 0.5) is 5.69 Å². The number of nitrogens with two attached hydrogens (primary N) is 1. The van der Waals surface area contributed by atoms with Gasteiger partial charge in [0.2, 0.25) is 0 Å². The highest BCUT2D eigenvalue weighted by molar-refractivity contribution is 5.87. The molecular weight excluding hydrogens is 294 g/mol. The van der Waals surface area contributed by atoms with Gasteiger partial charge < -0.3 is 5.73 Å². The van der Waals surface area contributed by atoms with E-state index in [-0.39, 0.29) is 12.1 Å². The first kappa shape index (κ1) is 16.4. The lowest BCUT2D eigenvalue weighted by Crippen LogP contribution is -2.27. The van der Waals surface area contributed by atoms with Crippen LogP contribution in [0.3, 0.4) is 0 Å². The van der Waals surface area contributed by atoms with E-state index in [0.29, 0.717) is 0 Å². The number of rotatable bonds is 4. The highest BCUT2D eigenvalue weighted by atomic mass is 14.9. The highest BCUT2D eigenvalue weighted by Crippen LogP contribution is 2.24. The van der Waals surface area contributed by atoms with E-state index in [9.17, 15) is 0 Å². The summed E-state index contributed by atoms with van der Waals surface area (Å²) in [6.07, 6.45) is 8.60. The summed E-state index contributed by atoms with van der Waals surface area (Å²) in [5.74, 6) is 0. The maximum Gasteiger partial charge on any atom is 0.0723 e. The number of nitrogens with zero attached hydrogens (tertiary/aromatic N) is 2. The smallest absolute Gasteiger partial charge is 0.0723 e. The Morgan fingerprint density at radius 3 is 2.00 bits per heavy atom. The molecular formula is C21H25N3. The van der Waals surface area contributed by atoms with Crippen LogP contribution in [-0.4, -0.2) is 24.5 Å². The molecule has 124 valence electrons. The molecule has 3 rings (SSSR count). The second-order valence-corrected chi connectivity index (χ2v) is 6.46. The third-order valence-electron chi connectivity index (χ3n) is 4.69. The van der Waals surface area contributed by atoms with Gasteiger partial charge in [-0.2, -0.15) is 0 Å². The van der Waals surface area contributed by atoms with Crippen molar-refractivity contribution in [2.75, 3.05) is 5.73 Å². The predicted molar refractivity (Wildman–Crippen MR) is 103 cm³/mol. The van der Waals surface area contributed by atoms with Gasteiger partial charge >= 0.3 is 0 Å². The number of anilines is 1. The molecule has 2 aromatic rings. The van der Waals surface area contributed by atoms with Crippen LogP contribution in [0.25, 0.3) is 0 Å². The molecule has 0 aromatic heterocycles. The number of para-hydroxylation sites is 1. The van der Waals surface area contributed by atoms with Gasteiger partial charge in [0.1, 0.15) is 0 Å². The van der Waals surface area contributed by atoms with E-state index in [0.717, 1.165) is 24.1 Å². The van der Waals surface area contributed by atoms with Crippen LogP contribution in [0.2, 0.25) is 0 Å². The maximum absolute atomic E-state index is 6.00. The molecule has 0 saturated heterocycles. The lowest BCUT2D eigenvalue weighted by Gasteiger charge is -2.25. The zero-order valence-electron chi connectivity index (χ0n) is 14.2. The molecule has 3 nitrogen and oxygen atoms in total. The molecule has 2 unspecified atom stereocenters.